The van der Waals surface area contributed by atoms with Crippen LogP contribution in [0.1, 0.15) is 39.9 Å². The summed E-state index contributed by atoms with van der Waals surface area (Å²) < 4.78 is 11.6. The number of benzene rings is 4. The molecule has 0 fully saturated rings. The summed E-state index contributed by atoms with van der Waals surface area (Å²) in [4.78, 5) is 37.8. The molecule has 0 spiro atoms. The number of carbonyl (C=O) groups is 3. The third-order valence-corrected chi connectivity index (χ3v) is 7.10. The minimum Gasteiger partial charge on any atom is -0.478 e. The Balaban J connectivity index is 1.29. The molecule has 0 saturated carbocycles. The molecule has 4 aromatic rings. The fourth-order valence-electron chi connectivity index (χ4n) is 5.01. The highest BCUT2D eigenvalue weighted by Crippen LogP contribution is 2.44. The molecule has 0 aromatic heterocycles. The fraction of sp³-hybridized carbons (Fsp3) is 0.182. The summed E-state index contributed by atoms with van der Waals surface area (Å²) in [6.45, 7) is 2.01. The molecule has 208 valence electrons. The van der Waals surface area contributed by atoms with Crippen molar-refractivity contribution in [3.63, 3.8) is 0 Å². The highest BCUT2D eigenvalue weighted by Gasteiger charge is 2.32. The highest BCUT2D eigenvalue weighted by atomic mass is 16.5. The first-order valence-corrected chi connectivity index (χ1v) is 13.3. The molecule has 5 rings (SSSR count). The summed E-state index contributed by atoms with van der Waals surface area (Å²) in [5.41, 5.74) is 5.60. The van der Waals surface area contributed by atoms with Crippen molar-refractivity contribution in [3.8, 4) is 11.1 Å². The summed E-state index contributed by atoms with van der Waals surface area (Å²) in [5, 5.41) is 14.7. The van der Waals surface area contributed by atoms with Gasteiger partial charge in [-0.2, -0.15) is 0 Å². The van der Waals surface area contributed by atoms with E-state index in [1.807, 2.05) is 66.7 Å². The van der Waals surface area contributed by atoms with Crippen LogP contribution in [0.2, 0.25) is 0 Å². The molecule has 8 heteroatoms. The van der Waals surface area contributed by atoms with E-state index >= 15 is 0 Å². The van der Waals surface area contributed by atoms with E-state index in [1.165, 1.54) is 18.2 Å². The number of amides is 2. The van der Waals surface area contributed by atoms with Crippen molar-refractivity contribution in [3.05, 3.63) is 125 Å². The smallest absolute Gasteiger partial charge is 0.407 e. The Bertz CT molecular complexity index is 1510. The van der Waals surface area contributed by atoms with Crippen LogP contribution in [0.25, 0.3) is 11.1 Å². The molecule has 41 heavy (non-hydrogen) atoms. The normalized spacial score (nSPS) is 13.4. The zero-order chi connectivity index (χ0) is 28.8. The van der Waals surface area contributed by atoms with Crippen molar-refractivity contribution in [1.29, 1.82) is 0 Å². The lowest BCUT2D eigenvalue weighted by Crippen LogP contribution is -2.51. The average Bonchev–Trinajstić information content (AvgIpc) is 3.31. The quantitative estimate of drug-likeness (QED) is 0.229. The van der Waals surface area contributed by atoms with Crippen LogP contribution in [0.5, 0.6) is 0 Å². The van der Waals surface area contributed by atoms with Crippen LogP contribution in [0.4, 0.5) is 10.5 Å². The van der Waals surface area contributed by atoms with E-state index in [9.17, 15) is 19.5 Å². The van der Waals surface area contributed by atoms with Crippen molar-refractivity contribution >= 4 is 23.7 Å². The predicted molar refractivity (Wildman–Crippen MR) is 155 cm³/mol. The number of alkyl carbamates (subject to hydrolysis) is 1. The maximum absolute atomic E-state index is 13.4. The molecule has 0 heterocycles. The van der Waals surface area contributed by atoms with Crippen LogP contribution >= 0.6 is 0 Å². The molecule has 0 unspecified atom stereocenters. The van der Waals surface area contributed by atoms with Crippen molar-refractivity contribution < 1.29 is 29.0 Å². The molecule has 1 aliphatic carbocycles. The molecule has 0 radical (unpaired) electrons. The first-order valence-electron chi connectivity index (χ1n) is 13.3. The summed E-state index contributed by atoms with van der Waals surface area (Å²) in [6, 6.07) is 30.3. The summed E-state index contributed by atoms with van der Waals surface area (Å²) >= 11 is 0. The van der Waals surface area contributed by atoms with Gasteiger partial charge in [0, 0.05) is 11.6 Å². The first-order chi connectivity index (χ1) is 19.9. The lowest BCUT2D eigenvalue weighted by molar-refractivity contribution is -0.121. The van der Waals surface area contributed by atoms with E-state index in [-0.39, 0.29) is 30.4 Å². The van der Waals surface area contributed by atoms with Gasteiger partial charge in [0.05, 0.1) is 18.3 Å². The average molecular weight is 551 g/mol. The number of fused-ring (bicyclic) bond motifs is 3. The Kier molecular flexibility index (Phi) is 8.41. The number of carboxylic acid groups (broad SMARTS) is 1. The molecule has 0 aliphatic heterocycles. The van der Waals surface area contributed by atoms with Gasteiger partial charge in [-0.05, 0) is 52.9 Å². The maximum Gasteiger partial charge on any atom is 0.407 e. The Labute approximate surface area is 237 Å². The Morgan fingerprint density at radius 2 is 1.46 bits per heavy atom. The van der Waals surface area contributed by atoms with Crippen molar-refractivity contribution in [2.24, 2.45) is 0 Å². The molecule has 4 aromatic carbocycles. The molecular weight excluding hydrogens is 520 g/mol. The number of rotatable bonds is 10. The van der Waals surface area contributed by atoms with E-state index < -0.39 is 30.1 Å². The summed E-state index contributed by atoms with van der Waals surface area (Å²) in [5.74, 6) is -1.82. The number of anilines is 1. The largest absolute Gasteiger partial charge is 0.478 e. The van der Waals surface area contributed by atoms with Gasteiger partial charge >= 0.3 is 12.1 Å². The second-order valence-corrected chi connectivity index (χ2v) is 9.82. The Hall–Kier alpha value is -4.95. The third kappa shape index (κ3) is 6.45. The number of carboxylic acids is 1. The van der Waals surface area contributed by atoms with Crippen molar-refractivity contribution in [2.75, 3.05) is 11.9 Å². The molecule has 0 saturated heterocycles. The van der Waals surface area contributed by atoms with E-state index in [1.54, 1.807) is 13.0 Å². The second kappa shape index (κ2) is 12.5. The van der Waals surface area contributed by atoms with Gasteiger partial charge in [0.15, 0.2) is 0 Å². The van der Waals surface area contributed by atoms with Gasteiger partial charge in [-0.25, -0.2) is 9.59 Å². The Morgan fingerprint density at radius 1 is 0.829 bits per heavy atom. The van der Waals surface area contributed by atoms with E-state index in [0.29, 0.717) is 0 Å². The van der Waals surface area contributed by atoms with Crippen molar-refractivity contribution in [2.45, 2.75) is 31.6 Å². The molecule has 2 amide bonds. The minimum absolute atomic E-state index is 0.0252. The molecular formula is C33H30N2O6. The zero-order valence-corrected chi connectivity index (χ0v) is 22.4. The summed E-state index contributed by atoms with van der Waals surface area (Å²) in [7, 11) is 0. The van der Waals surface area contributed by atoms with Gasteiger partial charge in [0.2, 0.25) is 5.91 Å². The standard InChI is InChI=1S/C33H30N2O6/c1-21(40-19-22-10-3-2-4-11-22)30(31(36)34-24-13-9-12-23(18-24)32(37)38)35-33(39)41-20-29-27-16-7-5-14-25(27)26-15-6-8-17-28(26)29/h2-18,21,29-30H,19-20H2,1H3,(H,34,36)(H,35,39)(H,37,38)/t21-,30+/m0/s1. The third-order valence-electron chi connectivity index (χ3n) is 7.10. The fourth-order valence-corrected chi connectivity index (χ4v) is 5.01. The number of aromatic carboxylic acids is 1. The number of hydrogen-bond donors (Lipinski definition) is 3. The van der Waals surface area contributed by atoms with Crippen LogP contribution in [0.3, 0.4) is 0 Å². The van der Waals surface area contributed by atoms with Crippen molar-refractivity contribution in [1.82, 2.24) is 5.32 Å². The topological polar surface area (TPSA) is 114 Å². The van der Waals surface area contributed by atoms with Gasteiger partial charge in [-0.15, -0.1) is 0 Å². The highest BCUT2D eigenvalue weighted by molar-refractivity contribution is 5.98. The minimum atomic E-state index is -1.12. The summed E-state index contributed by atoms with van der Waals surface area (Å²) in [6.07, 6.45) is -1.50. The SMILES string of the molecule is C[C@H](OCc1ccccc1)[C@@H](NC(=O)OCC1c2ccccc2-c2ccccc21)C(=O)Nc1cccc(C(=O)O)c1. The molecule has 3 N–H and O–H groups in total. The number of nitrogens with one attached hydrogen (secondary N) is 2. The maximum atomic E-state index is 13.4. The van der Waals surface area contributed by atoms with E-state index in [2.05, 4.69) is 22.8 Å². The zero-order valence-electron chi connectivity index (χ0n) is 22.4. The molecule has 8 nitrogen and oxygen atoms in total. The first kappa shape index (κ1) is 27.6. The van der Waals surface area contributed by atoms with Gasteiger partial charge in [-0.3, -0.25) is 4.79 Å². The predicted octanol–water partition coefficient (Wildman–Crippen LogP) is 5.84. The van der Waals surface area contributed by atoms with Crippen LogP contribution in [0, 0.1) is 0 Å². The molecule has 0 bridgehead atoms. The molecule has 2 atom stereocenters. The second-order valence-electron chi connectivity index (χ2n) is 9.82. The van der Waals surface area contributed by atoms with E-state index in [0.717, 1.165) is 27.8 Å². The van der Waals surface area contributed by atoms with Crippen LogP contribution < -0.4 is 10.6 Å². The van der Waals surface area contributed by atoms with Gasteiger partial charge in [-0.1, -0.05) is 84.9 Å². The van der Waals surface area contributed by atoms with Gasteiger partial charge in [0.1, 0.15) is 12.6 Å². The monoisotopic (exact) mass is 550 g/mol. The van der Waals surface area contributed by atoms with Crippen LogP contribution in [-0.2, 0) is 20.9 Å². The van der Waals surface area contributed by atoms with Gasteiger partial charge in [0.25, 0.3) is 0 Å². The van der Waals surface area contributed by atoms with Crippen LogP contribution in [-0.4, -0.2) is 41.8 Å². The van der Waals surface area contributed by atoms with Gasteiger partial charge < -0.3 is 25.2 Å². The molecule has 1 aliphatic rings. The number of carbonyl (C=O) groups excluding carboxylic acids is 2. The lowest BCUT2D eigenvalue weighted by Gasteiger charge is -2.25. The van der Waals surface area contributed by atoms with E-state index in [4.69, 9.17) is 9.47 Å². The van der Waals surface area contributed by atoms with Crippen LogP contribution in [0.15, 0.2) is 103 Å². The number of hydrogen-bond acceptors (Lipinski definition) is 5. The lowest BCUT2D eigenvalue weighted by atomic mass is 9.98. The Morgan fingerprint density at radius 3 is 2.12 bits per heavy atom. The number of ether oxygens (including phenoxy) is 2.